The maximum atomic E-state index is 5.17. The second kappa shape index (κ2) is 7.58. The third kappa shape index (κ3) is 4.44. The Balaban J connectivity index is 1.96. The van der Waals surface area contributed by atoms with Crippen LogP contribution in [-0.4, -0.2) is 7.11 Å². The van der Waals surface area contributed by atoms with E-state index in [0.29, 0.717) is 12.6 Å². The zero-order valence-corrected chi connectivity index (χ0v) is 13.5. The highest BCUT2D eigenvalue weighted by molar-refractivity contribution is 9.10. The normalized spacial score (nSPS) is 12.3. The van der Waals surface area contributed by atoms with Gasteiger partial charge in [0.05, 0.1) is 6.61 Å². The first kappa shape index (κ1) is 15.2. The standard InChI is InChI=1S/C17H20BrNO/c1-13(16-7-4-8-17(18)10-16)19-11-14-5-3-6-15(9-14)12-20-2/h3-10,13,19H,11-12H2,1-2H3/t13-/m0/s1. The Morgan fingerprint density at radius 1 is 1.10 bits per heavy atom. The Bertz CT molecular complexity index is 556. The molecule has 0 aliphatic carbocycles. The molecule has 0 saturated carbocycles. The van der Waals surface area contributed by atoms with Gasteiger partial charge in [-0.15, -0.1) is 0 Å². The van der Waals surface area contributed by atoms with Crippen molar-refractivity contribution in [3.63, 3.8) is 0 Å². The molecule has 1 N–H and O–H groups in total. The zero-order chi connectivity index (χ0) is 14.4. The van der Waals surface area contributed by atoms with Crippen LogP contribution in [-0.2, 0) is 17.9 Å². The Labute approximate surface area is 129 Å². The Kier molecular flexibility index (Phi) is 5.77. The third-order valence-corrected chi connectivity index (χ3v) is 3.76. The second-order valence-electron chi connectivity index (χ2n) is 4.91. The summed E-state index contributed by atoms with van der Waals surface area (Å²) in [5.41, 5.74) is 3.77. The van der Waals surface area contributed by atoms with Gasteiger partial charge >= 0.3 is 0 Å². The predicted molar refractivity (Wildman–Crippen MR) is 86.6 cm³/mol. The van der Waals surface area contributed by atoms with Crippen molar-refractivity contribution in [2.24, 2.45) is 0 Å². The zero-order valence-electron chi connectivity index (χ0n) is 11.9. The average molecular weight is 334 g/mol. The highest BCUT2D eigenvalue weighted by Gasteiger charge is 2.05. The molecule has 0 amide bonds. The van der Waals surface area contributed by atoms with Gasteiger partial charge in [0.1, 0.15) is 0 Å². The lowest BCUT2D eigenvalue weighted by Gasteiger charge is -2.15. The Morgan fingerprint density at radius 2 is 1.85 bits per heavy atom. The maximum Gasteiger partial charge on any atom is 0.0713 e. The number of hydrogen-bond acceptors (Lipinski definition) is 2. The van der Waals surface area contributed by atoms with Crippen LogP contribution in [0.15, 0.2) is 53.0 Å². The number of nitrogens with one attached hydrogen (secondary N) is 1. The summed E-state index contributed by atoms with van der Waals surface area (Å²) in [6.07, 6.45) is 0. The lowest BCUT2D eigenvalue weighted by molar-refractivity contribution is 0.185. The molecule has 0 unspecified atom stereocenters. The summed E-state index contributed by atoms with van der Waals surface area (Å²) >= 11 is 3.51. The van der Waals surface area contributed by atoms with Crippen LogP contribution in [0.25, 0.3) is 0 Å². The molecular weight excluding hydrogens is 314 g/mol. The van der Waals surface area contributed by atoms with Crippen molar-refractivity contribution >= 4 is 15.9 Å². The van der Waals surface area contributed by atoms with Crippen LogP contribution in [0.3, 0.4) is 0 Å². The number of methoxy groups -OCH3 is 1. The molecule has 2 aromatic rings. The van der Waals surface area contributed by atoms with E-state index in [1.807, 2.05) is 6.07 Å². The van der Waals surface area contributed by atoms with Gasteiger partial charge in [-0.25, -0.2) is 0 Å². The van der Waals surface area contributed by atoms with Crippen molar-refractivity contribution in [3.8, 4) is 0 Å². The fourth-order valence-electron chi connectivity index (χ4n) is 2.16. The van der Waals surface area contributed by atoms with Crippen LogP contribution in [0.1, 0.15) is 29.7 Å². The van der Waals surface area contributed by atoms with Crippen molar-refractivity contribution in [1.82, 2.24) is 5.32 Å². The Morgan fingerprint density at radius 3 is 2.60 bits per heavy atom. The molecule has 0 spiro atoms. The van der Waals surface area contributed by atoms with Gasteiger partial charge in [0.25, 0.3) is 0 Å². The van der Waals surface area contributed by atoms with Crippen LogP contribution in [0.5, 0.6) is 0 Å². The largest absolute Gasteiger partial charge is 0.380 e. The fraction of sp³-hybridized carbons (Fsp3) is 0.294. The molecule has 0 fully saturated rings. The number of hydrogen-bond donors (Lipinski definition) is 1. The fourth-order valence-corrected chi connectivity index (χ4v) is 2.58. The molecule has 3 heteroatoms. The highest BCUT2D eigenvalue weighted by atomic mass is 79.9. The third-order valence-electron chi connectivity index (χ3n) is 3.26. The van der Waals surface area contributed by atoms with E-state index in [4.69, 9.17) is 4.74 Å². The average Bonchev–Trinajstić information content (AvgIpc) is 2.45. The van der Waals surface area contributed by atoms with Crippen molar-refractivity contribution in [2.75, 3.05) is 7.11 Å². The number of ether oxygens (including phenoxy) is 1. The van der Waals surface area contributed by atoms with E-state index in [0.717, 1.165) is 11.0 Å². The van der Waals surface area contributed by atoms with E-state index in [1.54, 1.807) is 7.11 Å². The van der Waals surface area contributed by atoms with Gasteiger partial charge < -0.3 is 10.1 Å². The lowest BCUT2D eigenvalue weighted by atomic mass is 10.1. The van der Waals surface area contributed by atoms with Gasteiger partial charge in [-0.05, 0) is 35.7 Å². The maximum absolute atomic E-state index is 5.17. The predicted octanol–water partition coefficient (Wildman–Crippen LogP) is 4.45. The van der Waals surface area contributed by atoms with Gasteiger partial charge in [0.15, 0.2) is 0 Å². The molecule has 0 aromatic heterocycles. The molecule has 0 heterocycles. The van der Waals surface area contributed by atoms with Crippen LogP contribution >= 0.6 is 15.9 Å². The summed E-state index contributed by atoms with van der Waals surface area (Å²) in [5, 5.41) is 3.55. The van der Waals surface area contributed by atoms with Gasteiger partial charge in [0, 0.05) is 24.2 Å². The van der Waals surface area contributed by atoms with Crippen LogP contribution in [0.2, 0.25) is 0 Å². The minimum Gasteiger partial charge on any atom is -0.380 e. The molecule has 2 aromatic carbocycles. The number of rotatable bonds is 6. The van der Waals surface area contributed by atoms with E-state index in [-0.39, 0.29) is 0 Å². The van der Waals surface area contributed by atoms with E-state index in [1.165, 1.54) is 16.7 Å². The molecule has 0 aliphatic rings. The molecule has 106 valence electrons. The molecule has 0 aliphatic heterocycles. The Hall–Kier alpha value is -1.16. The molecule has 20 heavy (non-hydrogen) atoms. The molecule has 2 nitrogen and oxygen atoms in total. The molecule has 1 atom stereocenters. The molecule has 2 rings (SSSR count). The van der Waals surface area contributed by atoms with Gasteiger partial charge in [-0.3, -0.25) is 0 Å². The van der Waals surface area contributed by atoms with Crippen molar-refractivity contribution in [3.05, 3.63) is 69.7 Å². The SMILES string of the molecule is COCc1cccc(CN[C@@H](C)c2cccc(Br)c2)c1. The van der Waals surface area contributed by atoms with E-state index in [9.17, 15) is 0 Å². The smallest absolute Gasteiger partial charge is 0.0713 e. The van der Waals surface area contributed by atoms with Crippen LogP contribution in [0, 0.1) is 0 Å². The van der Waals surface area contributed by atoms with Gasteiger partial charge in [-0.1, -0.05) is 52.3 Å². The summed E-state index contributed by atoms with van der Waals surface area (Å²) in [5.74, 6) is 0. The number of halogens is 1. The topological polar surface area (TPSA) is 21.3 Å². The van der Waals surface area contributed by atoms with Crippen LogP contribution in [0.4, 0.5) is 0 Å². The second-order valence-corrected chi connectivity index (χ2v) is 5.83. The first-order valence-electron chi connectivity index (χ1n) is 6.74. The van der Waals surface area contributed by atoms with Gasteiger partial charge in [-0.2, -0.15) is 0 Å². The highest BCUT2D eigenvalue weighted by Crippen LogP contribution is 2.18. The molecule has 0 bridgehead atoms. The van der Waals surface area contributed by atoms with E-state index in [2.05, 4.69) is 70.6 Å². The van der Waals surface area contributed by atoms with Crippen LogP contribution < -0.4 is 5.32 Å². The minimum atomic E-state index is 0.318. The van der Waals surface area contributed by atoms with E-state index >= 15 is 0 Å². The monoisotopic (exact) mass is 333 g/mol. The summed E-state index contributed by atoms with van der Waals surface area (Å²) in [7, 11) is 1.72. The quantitative estimate of drug-likeness (QED) is 0.843. The minimum absolute atomic E-state index is 0.318. The van der Waals surface area contributed by atoms with Crippen molar-refractivity contribution in [2.45, 2.75) is 26.1 Å². The summed E-state index contributed by atoms with van der Waals surface area (Å²) in [4.78, 5) is 0. The molecular formula is C17H20BrNO. The molecule has 0 radical (unpaired) electrons. The van der Waals surface area contributed by atoms with Crippen molar-refractivity contribution < 1.29 is 4.74 Å². The molecule has 0 saturated heterocycles. The summed E-state index contributed by atoms with van der Waals surface area (Å²) < 4.78 is 6.28. The van der Waals surface area contributed by atoms with Gasteiger partial charge in [0.2, 0.25) is 0 Å². The first-order valence-corrected chi connectivity index (χ1v) is 7.54. The van der Waals surface area contributed by atoms with E-state index < -0.39 is 0 Å². The first-order chi connectivity index (χ1) is 9.69. The summed E-state index contributed by atoms with van der Waals surface area (Å²) in [6.45, 7) is 3.70. The lowest BCUT2D eigenvalue weighted by Crippen LogP contribution is -2.18. The summed E-state index contributed by atoms with van der Waals surface area (Å²) in [6, 6.07) is 17.2. The van der Waals surface area contributed by atoms with Crippen molar-refractivity contribution in [1.29, 1.82) is 0 Å². The number of benzene rings is 2.